The first kappa shape index (κ1) is 12.6. The number of hydrogen-bond donors (Lipinski definition) is 1. The highest BCUT2D eigenvalue weighted by molar-refractivity contribution is 6.20. The van der Waals surface area contributed by atoms with Crippen molar-refractivity contribution < 1.29 is 9.90 Å². The van der Waals surface area contributed by atoms with Crippen LogP contribution < -0.4 is 0 Å². The van der Waals surface area contributed by atoms with Crippen LogP contribution in [0.2, 0.25) is 0 Å². The quantitative estimate of drug-likeness (QED) is 0.671. The molecule has 2 aromatic carbocycles. The van der Waals surface area contributed by atoms with Crippen molar-refractivity contribution in [3.05, 3.63) is 71.3 Å². The molecule has 0 spiro atoms. The van der Waals surface area contributed by atoms with E-state index in [0.29, 0.717) is 11.1 Å². The van der Waals surface area contributed by atoms with Crippen LogP contribution in [0.3, 0.4) is 0 Å². The van der Waals surface area contributed by atoms with Gasteiger partial charge < -0.3 is 5.11 Å². The predicted octanol–water partition coefficient (Wildman–Crippen LogP) is 3.18. The molecule has 0 fully saturated rings. The first-order chi connectivity index (χ1) is 9.20. The molecule has 0 aliphatic carbocycles. The van der Waals surface area contributed by atoms with Crippen molar-refractivity contribution in [2.24, 2.45) is 0 Å². The number of benzene rings is 2. The summed E-state index contributed by atoms with van der Waals surface area (Å²) in [6.07, 6.45) is 1.60. The van der Waals surface area contributed by atoms with Gasteiger partial charge in [0.2, 0.25) is 0 Å². The van der Waals surface area contributed by atoms with Gasteiger partial charge in [0.1, 0.15) is 0 Å². The van der Waals surface area contributed by atoms with Crippen LogP contribution in [0.4, 0.5) is 0 Å². The van der Waals surface area contributed by atoms with Gasteiger partial charge in [-0.25, -0.2) is 4.79 Å². The van der Waals surface area contributed by atoms with Gasteiger partial charge in [0.25, 0.3) is 0 Å². The predicted molar refractivity (Wildman–Crippen MR) is 73.1 cm³/mol. The van der Waals surface area contributed by atoms with Crippen LogP contribution in [-0.2, 0) is 4.79 Å². The Bertz CT molecular complexity index is 649. The highest BCUT2D eigenvalue weighted by Crippen LogP contribution is 2.18. The normalized spacial score (nSPS) is 10.8. The lowest BCUT2D eigenvalue weighted by Crippen LogP contribution is -1.99. The van der Waals surface area contributed by atoms with E-state index in [1.54, 1.807) is 54.6 Å². The third-order valence-corrected chi connectivity index (χ3v) is 2.67. The van der Waals surface area contributed by atoms with Crippen LogP contribution in [0, 0.1) is 11.3 Å². The topological polar surface area (TPSA) is 61.1 Å². The first-order valence-electron chi connectivity index (χ1n) is 5.71. The maximum Gasteiger partial charge on any atom is 0.336 e. The molecule has 0 bridgehead atoms. The van der Waals surface area contributed by atoms with Crippen molar-refractivity contribution in [2.45, 2.75) is 0 Å². The zero-order chi connectivity index (χ0) is 13.7. The van der Waals surface area contributed by atoms with Crippen LogP contribution in [0.1, 0.15) is 16.7 Å². The Labute approximate surface area is 111 Å². The zero-order valence-electron chi connectivity index (χ0n) is 10.1. The lowest BCUT2D eigenvalue weighted by Gasteiger charge is -2.03. The fourth-order valence-electron chi connectivity index (χ4n) is 1.71. The molecule has 0 atom stereocenters. The van der Waals surface area contributed by atoms with Crippen molar-refractivity contribution in [3.8, 4) is 6.07 Å². The van der Waals surface area contributed by atoms with Gasteiger partial charge in [-0.2, -0.15) is 5.26 Å². The molecule has 0 amide bonds. The summed E-state index contributed by atoms with van der Waals surface area (Å²) in [5, 5.41) is 18.0. The van der Waals surface area contributed by atoms with E-state index in [0.717, 1.165) is 5.56 Å². The molecule has 2 rings (SSSR count). The number of nitriles is 1. The number of hydrogen-bond acceptors (Lipinski definition) is 2. The van der Waals surface area contributed by atoms with E-state index in [-0.39, 0.29) is 5.57 Å². The second kappa shape index (κ2) is 5.65. The monoisotopic (exact) mass is 249 g/mol. The number of carboxylic acids is 1. The molecule has 0 radical (unpaired) electrons. The van der Waals surface area contributed by atoms with Gasteiger partial charge in [-0.1, -0.05) is 42.5 Å². The largest absolute Gasteiger partial charge is 0.478 e. The Morgan fingerprint density at radius 3 is 2.21 bits per heavy atom. The SMILES string of the molecule is N#Cc1ccc(/C=C(\C(=O)O)c2ccccc2)cc1. The zero-order valence-corrected chi connectivity index (χ0v) is 10.1. The molecule has 1 N–H and O–H groups in total. The average Bonchev–Trinajstić information content (AvgIpc) is 2.46. The van der Waals surface area contributed by atoms with Gasteiger partial charge in [-0.3, -0.25) is 0 Å². The van der Waals surface area contributed by atoms with Crippen molar-refractivity contribution in [1.29, 1.82) is 5.26 Å². The van der Waals surface area contributed by atoms with E-state index in [2.05, 4.69) is 0 Å². The lowest BCUT2D eigenvalue weighted by molar-refractivity contribution is -0.130. The van der Waals surface area contributed by atoms with E-state index in [9.17, 15) is 9.90 Å². The first-order valence-corrected chi connectivity index (χ1v) is 5.71. The number of carbonyl (C=O) groups is 1. The Morgan fingerprint density at radius 1 is 1.05 bits per heavy atom. The summed E-state index contributed by atoms with van der Waals surface area (Å²) in [7, 11) is 0. The maximum absolute atomic E-state index is 11.3. The number of aliphatic carboxylic acids is 1. The second-order valence-corrected chi connectivity index (χ2v) is 3.96. The fraction of sp³-hybridized carbons (Fsp3) is 0. The number of carboxylic acid groups (broad SMARTS) is 1. The smallest absolute Gasteiger partial charge is 0.336 e. The van der Waals surface area contributed by atoms with Crippen molar-refractivity contribution in [2.75, 3.05) is 0 Å². The van der Waals surface area contributed by atoms with Gasteiger partial charge in [-0.15, -0.1) is 0 Å². The summed E-state index contributed by atoms with van der Waals surface area (Å²) >= 11 is 0. The summed E-state index contributed by atoms with van der Waals surface area (Å²) in [4.78, 5) is 11.3. The minimum atomic E-state index is -0.976. The van der Waals surface area contributed by atoms with Gasteiger partial charge in [-0.05, 0) is 29.3 Å². The molecule has 92 valence electrons. The molecule has 0 unspecified atom stereocenters. The van der Waals surface area contributed by atoms with Gasteiger partial charge in [0.05, 0.1) is 17.2 Å². The lowest BCUT2D eigenvalue weighted by atomic mass is 10.0. The fourth-order valence-corrected chi connectivity index (χ4v) is 1.71. The maximum atomic E-state index is 11.3. The van der Waals surface area contributed by atoms with E-state index in [1.165, 1.54) is 0 Å². The molecule has 0 saturated carbocycles. The van der Waals surface area contributed by atoms with E-state index in [4.69, 9.17) is 5.26 Å². The van der Waals surface area contributed by atoms with Crippen LogP contribution in [0.5, 0.6) is 0 Å². The Balaban J connectivity index is 2.42. The number of rotatable bonds is 3. The van der Waals surface area contributed by atoms with Gasteiger partial charge in [0.15, 0.2) is 0 Å². The molecule has 0 aromatic heterocycles. The Morgan fingerprint density at radius 2 is 1.68 bits per heavy atom. The Kier molecular flexibility index (Phi) is 3.75. The molecule has 2 aromatic rings. The average molecular weight is 249 g/mol. The minimum absolute atomic E-state index is 0.227. The van der Waals surface area contributed by atoms with Crippen LogP contribution in [0.25, 0.3) is 11.6 Å². The minimum Gasteiger partial charge on any atom is -0.478 e. The summed E-state index contributed by atoms with van der Waals surface area (Å²) < 4.78 is 0. The molecule has 0 saturated heterocycles. The number of nitrogens with zero attached hydrogens (tertiary/aromatic N) is 1. The molecule has 3 nitrogen and oxygen atoms in total. The van der Waals surface area contributed by atoms with Crippen molar-refractivity contribution in [3.63, 3.8) is 0 Å². The molecule has 0 aliphatic heterocycles. The summed E-state index contributed by atoms with van der Waals surface area (Å²) in [6, 6.07) is 17.7. The summed E-state index contributed by atoms with van der Waals surface area (Å²) in [6.45, 7) is 0. The van der Waals surface area contributed by atoms with Crippen molar-refractivity contribution >= 4 is 17.6 Å². The molecular formula is C16H11NO2. The third kappa shape index (κ3) is 3.08. The molecular weight excluding hydrogens is 238 g/mol. The highest BCUT2D eigenvalue weighted by Gasteiger charge is 2.09. The highest BCUT2D eigenvalue weighted by atomic mass is 16.4. The van der Waals surface area contributed by atoms with E-state index in [1.807, 2.05) is 12.1 Å². The van der Waals surface area contributed by atoms with Crippen LogP contribution in [-0.4, -0.2) is 11.1 Å². The molecule has 19 heavy (non-hydrogen) atoms. The third-order valence-electron chi connectivity index (χ3n) is 2.67. The molecule has 0 heterocycles. The van der Waals surface area contributed by atoms with Gasteiger partial charge >= 0.3 is 5.97 Å². The standard InChI is InChI=1S/C16H11NO2/c17-11-13-8-6-12(7-9-13)10-15(16(18)19)14-4-2-1-3-5-14/h1-10H,(H,18,19)/b15-10-. The van der Waals surface area contributed by atoms with E-state index < -0.39 is 5.97 Å². The van der Waals surface area contributed by atoms with E-state index >= 15 is 0 Å². The van der Waals surface area contributed by atoms with Crippen LogP contribution in [0.15, 0.2) is 54.6 Å². The van der Waals surface area contributed by atoms with Crippen molar-refractivity contribution in [1.82, 2.24) is 0 Å². The van der Waals surface area contributed by atoms with Crippen LogP contribution >= 0.6 is 0 Å². The summed E-state index contributed by atoms with van der Waals surface area (Å²) in [5.41, 5.74) is 2.18. The van der Waals surface area contributed by atoms with Gasteiger partial charge in [0, 0.05) is 0 Å². The second-order valence-electron chi connectivity index (χ2n) is 3.96. The Hall–Kier alpha value is -2.86. The molecule has 0 aliphatic rings. The molecule has 3 heteroatoms. The summed E-state index contributed by atoms with van der Waals surface area (Å²) in [5.74, 6) is -0.976.